The Hall–Kier alpha value is -3.11. The zero-order chi connectivity index (χ0) is 18.6. The lowest BCUT2D eigenvalue weighted by molar-refractivity contribution is -0.115. The molecule has 1 amide bonds. The zero-order valence-electron chi connectivity index (χ0n) is 14.6. The lowest BCUT2D eigenvalue weighted by Crippen LogP contribution is -2.15. The van der Waals surface area contributed by atoms with Gasteiger partial charge in [0.25, 0.3) is 0 Å². The van der Waals surface area contributed by atoms with Crippen LogP contribution in [0.2, 0.25) is 5.02 Å². The van der Waals surface area contributed by atoms with Crippen molar-refractivity contribution in [3.63, 3.8) is 0 Å². The Morgan fingerprint density at radius 3 is 2.52 bits per heavy atom. The molecule has 0 radical (unpaired) electrons. The number of anilines is 1. The summed E-state index contributed by atoms with van der Waals surface area (Å²) in [4.78, 5) is 20.1. The Morgan fingerprint density at radius 1 is 1.00 bits per heavy atom. The molecule has 0 saturated carbocycles. The summed E-state index contributed by atoms with van der Waals surface area (Å²) in [5.41, 5.74) is 4.99. The Morgan fingerprint density at radius 2 is 1.74 bits per heavy atom. The van der Waals surface area contributed by atoms with E-state index in [9.17, 15) is 4.79 Å². The number of amides is 1. The van der Waals surface area contributed by atoms with Crippen LogP contribution in [-0.2, 0) is 17.6 Å². The number of nitrogens with zero attached hydrogens (tertiary/aromatic N) is 1. The second-order valence-electron chi connectivity index (χ2n) is 6.39. The molecule has 0 saturated heterocycles. The number of para-hydroxylation sites is 1. The van der Waals surface area contributed by atoms with Crippen LogP contribution >= 0.6 is 11.6 Å². The number of aromatic amines is 1. The van der Waals surface area contributed by atoms with Crippen LogP contribution in [0.3, 0.4) is 0 Å². The van der Waals surface area contributed by atoms with Crippen molar-refractivity contribution in [1.82, 2.24) is 9.97 Å². The van der Waals surface area contributed by atoms with Crippen LogP contribution in [0.1, 0.15) is 16.8 Å². The Kier molecular flexibility index (Phi) is 4.90. The van der Waals surface area contributed by atoms with Gasteiger partial charge in [-0.1, -0.05) is 41.9 Å². The molecule has 5 heteroatoms. The first-order valence-electron chi connectivity index (χ1n) is 8.72. The number of carbonyl (C=O) groups is 1. The molecule has 4 rings (SSSR count). The molecular formula is C22H18ClN3O. The van der Waals surface area contributed by atoms with Gasteiger partial charge in [-0.05, 0) is 41.5 Å². The van der Waals surface area contributed by atoms with Gasteiger partial charge >= 0.3 is 0 Å². The van der Waals surface area contributed by atoms with Gasteiger partial charge in [-0.3, -0.25) is 9.78 Å². The molecule has 2 N–H and O–H groups in total. The Bertz CT molecular complexity index is 1070. The normalized spacial score (nSPS) is 10.9. The highest BCUT2D eigenvalue weighted by atomic mass is 35.5. The van der Waals surface area contributed by atoms with E-state index in [4.69, 9.17) is 11.6 Å². The molecule has 0 aliphatic heterocycles. The van der Waals surface area contributed by atoms with E-state index in [1.54, 1.807) is 24.5 Å². The summed E-state index contributed by atoms with van der Waals surface area (Å²) in [5.74, 6) is -0.0525. The lowest BCUT2D eigenvalue weighted by Gasteiger charge is -2.07. The zero-order valence-corrected chi connectivity index (χ0v) is 15.3. The van der Waals surface area contributed by atoms with E-state index in [1.807, 2.05) is 48.5 Å². The van der Waals surface area contributed by atoms with Crippen LogP contribution in [0.4, 0.5) is 5.69 Å². The highest BCUT2D eigenvalue weighted by molar-refractivity contribution is 6.30. The van der Waals surface area contributed by atoms with Crippen LogP contribution in [0.15, 0.2) is 73.1 Å². The van der Waals surface area contributed by atoms with Crippen LogP contribution in [0.25, 0.3) is 10.9 Å². The van der Waals surface area contributed by atoms with E-state index in [1.165, 1.54) is 0 Å². The van der Waals surface area contributed by atoms with Gasteiger partial charge in [-0.25, -0.2) is 0 Å². The van der Waals surface area contributed by atoms with E-state index >= 15 is 0 Å². The summed E-state index contributed by atoms with van der Waals surface area (Å²) in [7, 11) is 0. The fourth-order valence-electron chi connectivity index (χ4n) is 3.22. The molecule has 0 atom stereocenters. The first kappa shape index (κ1) is 17.3. The average molecular weight is 376 g/mol. The second-order valence-corrected chi connectivity index (χ2v) is 6.83. The van der Waals surface area contributed by atoms with E-state index in [0.717, 1.165) is 33.4 Å². The van der Waals surface area contributed by atoms with Gasteiger partial charge in [0.05, 0.1) is 6.42 Å². The van der Waals surface area contributed by atoms with E-state index < -0.39 is 0 Å². The number of aromatic nitrogens is 2. The molecule has 0 aliphatic carbocycles. The maximum atomic E-state index is 12.6. The van der Waals surface area contributed by atoms with Crippen LogP contribution < -0.4 is 5.32 Å². The van der Waals surface area contributed by atoms with Crippen molar-refractivity contribution in [2.45, 2.75) is 12.8 Å². The first-order valence-corrected chi connectivity index (χ1v) is 9.09. The van der Waals surface area contributed by atoms with Crippen molar-refractivity contribution < 1.29 is 4.79 Å². The molecule has 0 bridgehead atoms. The minimum Gasteiger partial charge on any atom is -0.358 e. The van der Waals surface area contributed by atoms with Crippen molar-refractivity contribution in [3.05, 3.63) is 94.9 Å². The molecule has 0 spiro atoms. The van der Waals surface area contributed by atoms with E-state index in [2.05, 4.69) is 15.3 Å². The Balaban J connectivity index is 1.63. The number of rotatable bonds is 5. The molecule has 134 valence electrons. The highest BCUT2D eigenvalue weighted by Gasteiger charge is 2.15. The van der Waals surface area contributed by atoms with Gasteiger partial charge in [0, 0.05) is 46.1 Å². The van der Waals surface area contributed by atoms with Crippen molar-refractivity contribution in [2.75, 3.05) is 5.32 Å². The summed E-state index contributed by atoms with van der Waals surface area (Å²) in [6.07, 6.45) is 4.33. The number of nitrogens with one attached hydrogen (secondary N) is 2. The molecule has 0 unspecified atom stereocenters. The standard InChI is InChI=1S/C22H18ClN3O/c23-16-7-5-15(6-8-16)13-21-19(18-3-1-2-4-20(18)26-21)14-22(27)25-17-9-11-24-12-10-17/h1-12,26H,13-14H2,(H,24,25,27). The van der Waals surface area contributed by atoms with Gasteiger partial charge in [0.2, 0.25) is 5.91 Å². The van der Waals surface area contributed by atoms with Crippen LogP contribution in [0.5, 0.6) is 0 Å². The molecule has 0 fully saturated rings. The van der Waals surface area contributed by atoms with Crippen LogP contribution in [0, 0.1) is 0 Å². The maximum Gasteiger partial charge on any atom is 0.228 e. The topological polar surface area (TPSA) is 57.8 Å². The monoisotopic (exact) mass is 375 g/mol. The minimum atomic E-state index is -0.0525. The highest BCUT2D eigenvalue weighted by Crippen LogP contribution is 2.26. The van der Waals surface area contributed by atoms with Gasteiger partial charge in [-0.2, -0.15) is 0 Å². The summed E-state index contributed by atoms with van der Waals surface area (Å²) in [6.45, 7) is 0. The fraction of sp³-hybridized carbons (Fsp3) is 0.0909. The fourth-order valence-corrected chi connectivity index (χ4v) is 3.34. The van der Waals surface area contributed by atoms with Crippen molar-refractivity contribution >= 4 is 34.1 Å². The van der Waals surface area contributed by atoms with Crippen molar-refractivity contribution in [3.8, 4) is 0 Å². The first-order chi connectivity index (χ1) is 13.2. The summed E-state index contributed by atoms with van der Waals surface area (Å²) >= 11 is 5.99. The third kappa shape index (κ3) is 4.01. The number of H-pyrrole nitrogens is 1. The van der Waals surface area contributed by atoms with Crippen molar-refractivity contribution in [1.29, 1.82) is 0 Å². The summed E-state index contributed by atoms with van der Waals surface area (Å²) in [6, 6.07) is 19.4. The van der Waals surface area contributed by atoms with Gasteiger partial charge in [-0.15, -0.1) is 0 Å². The molecule has 2 aromatic heterocycles. The van der Waals surface area contributed by atoms with Gasteiger partial charge in [0.15, 0.2) is 0 Å². The van der Waals surface area contributed by atoms with Gasteiger partial charge in [0.1, 0.15) is 0 Å². The average Bonchev–Trinajstić information content (AvgIpc) is 3.01. The number of benzene rings is 2. The molecule has 2 aromatic carbocycles. The third-order valence-corrected chi connectivity index (χ3v) is 4.75. The molecular weight excluding hydrogens is 358 g/mol. The number of hydrogen-bond donors (Lipinski definition) is 2. The quantitative estimate of drug-likeness (QED) is 0.516. The molecule has 4 nitrogen and oxygen atoms in total. The SMILES string of the molecule is O=C(Cc1c(Cc2ccc(Cl)cc2)[nH]c2ccccc12)Nc1ccncc1. The molecule has 2 heterocycles. The number of fused-ring (bicyclic) bond motifs is 1. The van der Waals surface area contributed by atoms with Crippen molar-refractivity contribution in [2.24, 2.45) is 0 Å². The molecule has 27 heavy (non-hydrogen) atoms. The van der Waals surface area contributed by atoms with E-state index in [-0.39, 0.29) is 5.91 Å². The number of carbonyl (C=O) groups excluding carboxylic acids is 1. The Labute approximate surface area is 162 Å². The maximum absolute atomic E-state index is 12.6. The van der Waals surface area contributed by atoms with Crippen LogP contribution in [-0.4, -0.2) is 15.9 Å². The number of hydrogen-bond acceptors (Lipinski definition) is 2. The predicted octanol–water partition coefficient (Wildman–Crippen LogP) is 4.99. The molecule has 4 aromatic rings. The second kappa shape index (κ2) is 7.64. The predicted molar refractivity (Wildman–Crippen MR) is 109 cm³/mol. The number of halogens is 1. The summed E-state index contributed by atoms with van der Waals surface area (Å²) in [5, 5.41) is 4.72. The van der Waals surface area contributed by atoms with Gasteiger partial charge < -0.3 is 10.3 Å². The number of pyridine rings is 1. The molecule has 0 aliphatic rings. The largest absolute Gasteiger partial charge is 0.358 e. The minimum absolute atomic E-state index is 0.0525. The van der Waals surface area contributed by atoms with E-state index in [0.29, 0.717) is 17.9 Å². The lowest BCUT2D eigenvalue weighted by atomic mass is 10.0. The summed E-state index contributed by atoms with van der Waals surface area (Å²) < 4.78 is 0. The third-order valence-electron chi connectivity index (χ3n) is 4.50. The smallest absolute Gasteiger partial charge is 0.228 e.